The van der Waals surface area contributed by atoms with Crippen molar-refractivity contribution in [2.24, 2.45) is 0 Å². The third-order valence-corrected chi connectivity index (χ3v) is 4.93. The molecule has 1 aromatic heterocycles. The van der Waals surface area contributed by atoms with Gasteiger partial charge in [-0.05, 0) is 30.2 Å². The van der Waals surface area contributed by atoms with E-state index in [1.807, 2.05) is 0 Å². The number of aryl methyl sites for hydroxylation is 1. The van der Waals surface area contributed by atoms with Gasteiger partial charge in [0.1, 0.15) is 25.1 Å². The summed E-state index contributed by atoms with van der Waals surface area (Å²) in [6, 6.07) is 8.38. The van der Waals surface area contributed by atoms with E-state index in [1.165, 1.54) is 10.7 Å². The van der Waals surface area contributed by atoms with E-state index in [0.29, 0.717) is 36.6 Å². The van der Waals surface area contributed by atoms with Gasteiger partial charge in [-0.1, -0.05) is 0 Å². The third kappa shape index (κ3) is 5.08. The van der Waals surface area contributed by atoms with Crippen LogP contribution in [-0.4, -0.2) is 53.8 Å². The number of nitrogens with zero attached hydrogens (tertiary/aromatic N) is 3. The van der Waals surface area contributed by atoms with E-state index in [2.05, 4.69) is 21.2 Å². The van der Waals surface area contributed by atoms with Crippen LogP contribution in [-0.2, 0) is 17.7 Å². The number of hydrogen-bond donors (Lipinski definition) is 1. The summed E-state index contributed by atoms with van der Waals surface area (Å²) in [6.45, 7) is -0.842. The van der Waals surface area contributed by atoms with E-state index in [0.717, 1.165) is 5.56 Å². The molecule has 0 aliphatic carbocycles. The Morgan fingerprint density at radius 2 is 2.23 bits per heavy atom. The zero-order valence-electron chi connectivity index (χ0n) is 16.3. The summed E-state index contributed by atoms with van der Waals surface area (Å²) < 4.78 is 54.1. The third-order valence-electron chi connectivity index (χ3n) is 4.93. The second-order valence-corrected chi connectivity index (χ2v) is 7.37. The highest BCUT2D eigenvalue weighted by Crippen LogP contribution is 2.26. The molecule has 2 aromatic rings. The summed E-state index contributed by atoms with van der Waals surface area (Å²) in [5, 5.41) is 16.1. The highest BCUT2D eigenvalue weighted by molar-refractivity contribution is 5.92. The van der Waals surface area contributed by atoms with E-state index in [4.69, 9.17) is 14.7 Å². The second kappa shape index (κ2) is 8.47. The minimum Gasteiger partial charge on any atom is -0.491 e. The monoisotopic (exact) mass is 436 g/mol. The molecule has 31 heavy (non-hydrogen) atoms. The first-order valence-electron chi connectivity index (χ1n) is 9.66. The summed E-state index contributed by atoms with van der Waals surface area (Å²) >= 11 is 0. The van der Waals surface area contributed by atoms with Crippen LogP contribution in [0.4, 0.5) is 13.2 Å². The van der Waals surface area contributed by atoms with Crippen LogP contribution >= 0.6 is 0 Å². The molecule has 1 N–H and O–H groups in total. The maximum Gasteiger partial charge on any atom is 0.411 e. The minimum absolute atomic E-state index is 0.142. The number of benzene rings is 1. The molecule has 0 saturated heterocycles. The van der Waals surface area contributed by atoms with Crippen molar-refractivity contribution >= 4 is 5.91 Å². The first-order valence-corrected chi connectivity index (χ1v) is 9.66. The van der Waals surface area contributed by atoms with Crippen molar-refractivity contribution in [1.29, 1.82) is 5.26 Å². The number of amides is 1. The van der Waals surface area contributed by atoms with Gasteiger partial charge in [0.2, 0.25) is 5.88 Å². The molecule has 2 aliphatic rings. The van der Waals surface area contributed by atoms with Crippen molar-refractivity contribution in [1.82, 2.24) is 15.1 Å². The van der Waals surface area contributed by atoms with Crippen LogP contribution < -0.4 is 14.8 Å². The van der Waals surface area contributed by atoms with E-state index < -0.39 is 24.8 Å². The molecule has 1 aromatic carbocycles. The summed E-state index contributed by atoms with van der Waals surface area (Å²) in [4.78, 5) is 12.6. The van der Waals surface area contributed by atoms with E-state index in [9.17, 15) is 18.0 Å². The van der Waals surface area contributed by atoms with Crippen molar-refractivity contribution in [2.75, 3.05) is 19.8 Å². The molecule has 0 bridgehead atoms. The lowest BCUT2D eigenvalue weighted by Gasteiger charge is -2.25. The number of alkyl halides is 3. The average molecular weight is 436 g/mol. The Kier molecular flexibility index (Phi) is 5.73. The van der Waals surface area contributed by atoms with Crippen molar-refractivity contribution in [2.45, 2.75) is 37.7 Å². The zero-order valence-corrected chi connectivity index (χ0v) is 16.3. The quantitative estimate of drug-likeness (QED) is 0.772. The van der Waals surface area contributed by atoms with Gasteiger partial charge in [0.05, 0.1) is 24.3 Å². The zero-order chi connectivity index (χ0) is 22.0. The fraction of sp³-hybridized carbons (Fsp3) is 0.450. The molecule has 8 nitrogen and oxygen atoms in total. The van der Waals surface area contributed by atoms with Crippen LogP contribution in [0.2, 0.25) is 0 Å². The molecule has 3 heterocycles. The van der Waals surface area contributed by atoms with Gasteiger partial charge < -0.3 is 19.5 Å². The van der Waals surface area contributed by atoms with Crippen molar-refractivity contribution in [3.8, 4) is 17.7 Å². The SMILES string of the molecule is N#Cc1ccc2c(c1)C[C@@H](NC(=O)c1cc3n(n1)CCC(COCC(F)(F)F)O3)CO2. The topological polar surface area (TPSA) is 98.4 Å². The number of hydrogen-bond acceptors (Lipinski definition) is 6. The number of carbonyl (C=O) groups is 1. The van der Waals surface area contributed by atoms with Crippen molar-refractivity contribution < 1.29 is 32.2 Å². The smallest absolute Gasteiger partial charge is 0.411 e. The van der Waals surface area contributed by atoms with Gasteiger partial charge in [-0.25, -0.2) is 4.68 Å². The van der Waals surface area contributed by atoms with Crippen LogP contribution in [0.15, 0.2) is 24.3 Å². The predicted molar refractivity (Wildman–Crippen MR) is 99.7 cm³/mol. The van der Waals surface area contributed by atoms with Crippen molar-refractivity contribution in [3.05, 3.63) is 41.1 Å². The van der Waals surface area contributed by atoms with Crippen LogP contribution in [0.1, 0.15) is 28.0 Å². The number of ether oxygens (including phenoxy) is 3. The molecule has 11 heteroatoms. The predicted octanol–water partition coefficient (Wildman–Crippen LogP) is 2.22. The summed E-state index contributed by atoms with van der Waals surface area (Å²) in [7, 11) is 0. The van der Waals surface area contributed by atoms with Gasteiger partial charge in [0, 0.05) is 19.0 Å². The molecule has 0 radical (unpaired) electrons. The molecule has 1 unspecified atom stereocenters. The summed E-state index contributed by atoms with van der Waals surface area (Å²) in [5.41, 5.74) is 1.50. The molecule has 2 atom stereocenters. The number of carbonyl (C=O) groups excluding carboxylic acids is 1. The average Bonchev–Trinajstić information content (AvgIpc) is 3.16. The lowest BCUT2D eigenvalue weighted by atomic mass is 10.0. The summed E-state index contributed by atoms with van der Waals surface area (Å²) in [6.07, 6.45) is -4.00. The van der Waals surface area contributed by atoms with Crippen LogP contribution in [0.25, 0.3) is 0 Å². The van der Waals surface area contributed by atoms with Gasteiger partial charge in [0.15, 0.2) is 5.69 Å². The maximum absolute atomic E-state index is 12.6. The number of nitrogens with one attached hydrogen (secondary N) is 1. The number of aromatic nitrogens is 2. The standard InChI is InChI=1S/C20H19F3N4O4/c21-20(22,23)11-29-10-15-3-4-27-18(31-15)7-16(26-27)19(28)25-14-6-13-5-12(8-24)1-2-17(13)30-9-14/h1-2,5,7,14-15H,3-4,6,9-11H2,(H,25,28)/t14-,15?/m1/s1. The van der Waals surface area contributed by atoms with E-state index in [-0.39, 0.29) is 24.9 Å². The number of halogens is 3. The number of nitriles is 1. The molecule has 0 saturated carbocycles. The Morgan fingerprint density at radius 1 is 1.39 bits per heavy atom. The molecule has 164 valence electrons. The molecule has 1 amide bonds. The van der Waals surface area contributed by atoms with Crippen LogP contribution in [0.5, 0.6) is 11.6 Å². The van der Waals surface area contributed by atoms with Crippen LogP contribution in [0, 0.1) is 11.3 Å². The van der Waals surface area contributed by atoms with Gasteiger partial charge in [-0.3, -0.25) is 4.79 Å². The molecule has 0 spiro atoms. The molecule has 0 fully saturated rings. The normalized spacial score (nSPS) is 19.9. The van der Waals surface area contributed by atoms with Gasteiger partial charge >= 0.3 is 6.18 Å². The maximum atomic E-state index is 12.6. The van der Waals surface area contributed by atoms with E-state index >= 15 is 0 Å². The first kappa shape index (κ1) is 21.0. The lowest BCUT2D eigenvalue weighted by molar-refractivity contribution is -0.179. The van der Waals surface area contributed by atoms with E-state index in [1.54, 1.807) is 18.2 Å². The fourth-order valence-electron chi connectivity index (χ4n) is 3.50. The Balaban J connectivity index is 1.34. The minimum atomic E-state index is -4.39. The molecule has 2 aliphatic heterocycles. The molecular weight excluding hydrogens is 417 g/mol. The molecular formula is C20H19F3N4O4. The lowest BCUT2D eigenvalue weighted by Crippen LogP contribution is -2.42. The van der Waals surface area contributed by atoms with Crippen LogP contribution in [0.3, 0.4) is 0 Å². The van der Waals surface area contributed by atoms with Crippen molar-refractivity contribution in [3.63, 3.8) is 0 Å². The first-order chi connectivity index (χ1) is 14.8. The molecule has 4 rings (SSSR count). The Hall–Kier alpha value is -3.26. The Morgan fingerprint density at radius 3 is 3.00 bits per heavy atom. The summed E-state index contributed by atoms with van der Waals surface area (Å²) in [5.74, 6) is 0.582. The Bertz CT molecular complexity index is 1010. The van der Waals surface area contributed by atoms with Gasteiger partial charge in [-0.15, -0.1) is 0 Å². The fourth-order valence-corrected chi connectivity index (χ4v) is 3.50. The highest BCUT2D eigenvalue weighted by Gasteiger charge is 2.30. The largest absolute Gasteiger partial charge is 0.491 e. The van der Waals surface area contributed by atoms with Gasteiger partial charge in [-0.2, -0.15) is 23.5 Å². The Labute approximate surface area is 175 Å². The highest BCUT2D eigenvalue weighted by atomic mass is 19.4. The second-order valence-electron chi connectivity index (χ2n) is 7.37. The van der Waals surface area contributed by atoms with Gasteiger partial charge in [0.25, 0.3) is 5.91 Å². The number of rotatable bonds is 5. The number of fused-ring (bicyclic) bond motifs is 2.